The predicted octanol–water partition coefficient (Wildman–Crippen LogP) is 2.80. The number of nitrogens with zero attached hydrogens (tertiary/aromatic N) is 1. The Balaban J connectivity index is 2.18. The van der Waals surface area contributed by atoms with Crippen LogP contribution < -0.4 is 5.73 Å². The van der Waals surface area contributed by atoms with Crippen molar-refractivity contribution in [2.24, 2.45) is 17.1 Å². The van der Waals surface area contributed by atoms with E-state index in [4.69, 9.17) is 5.73 Å². The second-order valence-corrected chi connectivity index (χ2v) is 6.58. The van der Waals surface area contributed by atoms with Crippen LogP contribution in [-0.2, 0) is 11.3 Å². The summed E-state index contributed by atoms with van der Waals surface area (Å²) in [7, 11) is 0. The van der Waals surface area contributed by atoms with Crippen molar-refractivity contribution in [2.45, 2.75) is 46.2 Å². The van der Waals surface area contributed by atoms with Crippen molar-refractivity contribution in [3.05, 3.63) is 35.9 Å². The van der Waals surface area contributed by atoms with Crippen molar-refractivity contribution >= 4 is 5.91 Å². The Morgan fingerprint density at radius 1 is 1.35 bits per heavy atom. The summed E-state index contributed by atoms with van der Waals surface area (Å²) in [5.74, 6) is 0.833. The Labute approximate surface area is 122 Å². The smallest absolute Gasteiger partial charge is 0.230 e. The van der Waals surface area contributed by atoms with Gasteiger partial charge in [-0.05, 0) is 45.1 Å². The third-order valence-corrected chi connectivity index (χ3v) is 4.34. The lowest BCUT2D eigenvalue weighted by Gasteiger charge is -2.36. The first-order valence-corrected chi connectivity index (χ1v) is 7.51. The zero-order valence-electron chi connectivity index (χ0n) is 12.8. The number of hydrogen-bond donors (Lipinski definition) is 1. The van der Waals surface area contributed by atoms with Crippen molar-refractivity contribution in [2.75, 3.05) is 6.54 Å². The van der Waals surface area contributed by atoms with E-state index in [0.29, 0.717) is 25.0 Å². The topological polar surface area (TPSA) is 46.3 Å². The average Bonchev–Trinajstić information content (AvgIpc) is 3.29. The lowest BCUT2D eigenvalue weighted by molar-refractivity contribution is -0.143. The summed E-state index contributed by atoms with van der Waals surface area (Å²) in [5, 5.41) is 0. The highest BCUT2D eigenvalue weighted by molar-refractivity contribution is 5.82. The fourth-order valence-corrected chi connectivity index (χ4v) is 2.49. The van der Waals surface area contributed by atoms with Crippen LogP contribution in [0.3, 0.4) is 0 Å². The van der Waals surface area contributed by atoms with Crippen molar-refractivity contribution in [3.8, 4) is 0 Å². The highest BCUT2D eigenvalue weighted by Gasteiger charge is 2.38. The second-order valence-electron chi connectivity index (χ2n) is 6.58. The van der Waals surface area contributed by atoms with E-state index in [0.717, 1.165) is 0 Å². The first-order chi connectivity index (χ1) is 9.45. The first kappa shape index (κ1) is 15.0. The number of hydrogen-bond acceptors (Lipinski definition) is 2. The maximum atomic E-state index is 12.8. The van der Waals surface area contributed by atoms with Gasteiger partial charge in [0.05, 0.1) is 5.41 Å². The number of nitrogens with two attached hydrogens (primary N) is 1. The Hall–Kier alpha value is -1.35. The number of carbonyl (C=O) groups is 1. The molecule has 0 aliphatic heterocycles. The molecule has 3 heteroatoms. The maximum Gasteiger partial charge on any atom is 0.230 e. The van der Waals surface area contributed by atoms with Gasteiger partial charge in [0.2, 0.25) is 5.91 Å². The standard InChI is InChI=1S/C17H26N2O/c1-13(15-9-10-15)19(16(20)17(2,3)12-18)11-14-7-5-4-6-8-14/h4-8,13,15H,9-12,18H2,1-3H3. The molecule has 1 aromatic rings. The molecule has 0 spiro atoms. The predicted molar refractivity (Wildman–Crippen MR) is 82.0 cm³/mol. The molecule has 1 unspecified atom stereocenters. The Kier molecular flexibility index (Phi) is 4.48. The molecule has 1 aromatic carbocycles. The minimum absolute atomic E-state index is 0.170. The summed E-state index contributed by atoms with van der Waals surface area (Å²) in [6.45, 7) is 7.11. The number of benzene rings is 1. The lowest BCUT2D eigenvalue weighted by Crippen LogP contribution is -2.48. The van der Waals surface area contributed by atoms with Gasteiger partial charge in [0.25, 0.3) is 0 Å². The molecule has 0 bridgehead atoms. The van der Waals surface area contributed by atoms with Crippen LogP contribution in [0.5, 0.6) is 0 Å². The SMILES string of the molecule is CC(C1CC1)N(Cc1ccccc1)C(=O)C(C)(C)CN. The van der Waals surface area contributed by atoms with Gasteiger partial charge in [-0.25, -0.2) is 0 Å². The third-order valence-electron chi connectivity index (χ3n) is 4.34. The molecule has 0 radical (unpaired) electrons. The molecule has 2 rings (SSSR count). The molecule has 1 atom stereocenters. The molecule has 20 heavy (non-hydrogen) atoms. The monoisotopic (exact) mass is 274 g/mol. The molecule has 0 aromatic heterocycles. The quantitative estimate of drug-likeness (QED) is 0.867. The molecule has 1 fully saturated rings. The van der Waals surface area contributed by atoms with Crippen LogP contribution in [0.15, 0.2) is 30.3 Å². The van der Waals surface area contributed by atoms with Gasteiger partial charge in [0.15, 0.2) is 0 Å². The number of carbonyl (C=O) groups excluding carboxylic acids is 1. The van der Waals surface area contributed by atoms with Gasteiger partial charge in [0, 0.05) is 19.1 Å². The zero-order valence-corrected chi connectivity index (χ0v) is 12.8. The minimum atomic E-state index is -0.488. The number of rotatable bonds is 6. The van der Waals surface area contributed by atoms with Crippen molar-refractivity contribution in [1.29, 1.82) is 0 Å². The average molecular weight is 274 g/mol. The van der Waals surface area contributed by atoms with E-state index in [9.17, 15) is 4.79 Å². The molecular formula is C17H26N2O. The van der Waals surface area contributed by atoms with E-state index in [1.807, 2.05) is 36.9 Å². The van der Waals surface area contributed by atoms with Crippen LogP contribution >= 0.6 is 0 Å². The van der Waals surface area contributed by atoms with E-state index < -0.39 is 5.41 Å². The fourth-order valence-electron chi connectivity index (χ4n) is 2.49. The van der Waals surface area contributed by atoms with Gasteiger partial charge >= 0.3 is 0 Å². The third kappa shape index (κ3) is 3.40. The molecule has 1 aliphatic rings. The second kappa shape index (κ2) is 5.96. The molecule has 1 aliphatic carbocycles. The largest absolute Gasteiger partial charge is 0.335 e. The summed E-state index contributed by atoms with van der Waals surface area (Å²) < 4.78 is 0. The van der Waals surface area contributed by atoms with Gasteiger partial charge in [-0.1, -0.05) is 30.3 Å². The minimum Gasteiger partial charge on any atom is -0.335 e. The van der Waals surface area contributed by atoms with Gasteiger partial charge in [-0.15, -0.1) is 0 Å². The Morgan fingerprint density at radius 2 is 1.95 bits per heavy atom. The highest BCUT2D eigenvalue weighted by Crippen LogP contribution is 2.37. The van der Waals surface area contributed by atoms with Gasteiger partial charge in [0.1, 0.15) is 0 Å². The fraction of sp³-hybridized carbons (Fsp3) is 0.588. The molecule has 110 valence electrons. The molecular weight excluding hydrogens is 248 g/mol. The van der Waals surface area contributed by atoms with E-state index in [2.05, 4.69) is 19.1 Å². The van der Waals surface area contributed by atoms with Crippen LogP contribution in [-0.4, -0.2) is 23.4 Å². The summed E-state index contributed by atoms with van der Waals surface area (Å²) in [4.78, 5) is 14.8. The van der Waals surface area contributed by atoms with Crippen molar-refractivity contribution in [1.82, 2.24) is 4.90 Å². The summed E-state index contributed by atoms with van der Waals surface area (Å²) in [6, 6.07) is 10.5. The summed E-state index contributed by atoms with van der Waals surface area (Å²) in [6.07, 6.45) is 2.48. The highest BCUT2D eigenvalue weighted by atomic mass is 16.2. The van der Waals surface area contributed by atoms with E-state index in [1.54, 1.807) is 0 Å². The molecule has 2 N–H and O–H groups in total. The molecule has 3 nitrogen and oxygen atoms in total. The molecule has 1 amide bonds. The van der Waals surface area contributed by atoms with Crippen LogP contribution in [0.1, 0.15) is 39.2 Å². The lowest BCUT2D eigenvalue weighted by atomic mass is 9.90. The Morgan fingerprint density at radius 3 is 2.45 bits per heavy atom. The first-order valence-electron chi connectivity index (χ1n) is 7.51. The van der Waals surface area contributed by atoms with Gasteiger partial charge < -0.3 is 10.6 Å². The number of amides is 1. The summed E-state index contributed by atoms with van der Waals surface area (Å²) >= 11 is 0. The molecule has 1 saturated carbocycles. The van der Waals surface area contributed by atoms with Gasteiger partial charge in [-0.2, -0.15) is 0 Å². The summed E-state index contributed by atoms with van der Waals surface area (Å²) in [5.41, 5.74) is 6.48. The van der Waals surface area contributed by atoms with Crippen LogP contribution in [0.2, 0.25) is 0 Å². The normalized spacial score (nSPS) is 16.8. The Bertz CT molecular complexity index is 451. The van der Waals surface area contributed by atoms with Crippen LogP contribution in [0.4, 0.5) is 0 Å². The van der Waals surface area contributed by atoms with Crippen molar-refractivity contribution in [3.63, 3.8) is 0 Å². The van der Waals surface area contributed by atoms with Crippen LogP contribution in [0, 0.1) is 11.3 Å². The molecule has 0 saturated heterocycles. The van der Waals surface area contributed by atoms with E-state index in [1.165, 1.54) is 18.4 Å². The van der Waals surface area contributed by atoms with Crippen LogP contribution in [0.25, 0.3) is 0 Å². The zero-order chi connectivity index (χ0) is 14.8. The van der Waals surface area contributed by atoms with Crippen molar-refractivity contribution < 1.29 is 4.79 Å². The van der Waals surface area contributed by atoms with Gasteiger partial charge in [-0.3, -0.25) is 4.79 Å². The van der Waals surface area contributed by atoms with E-state index >= 15 is 0 Å². The molecule has 0 heterocycles. The maximum absolute atomic E-state index is 12.8. The van der Waals surface area contributed by atoms with E-state index in [-0.39, 0.29) is 5.91 Å².